The van der Waals surface area contributed by atoms with E-state index >= 15 is 0 Å². The fourth-order valence-corrected chi connectivity index (χ4v) is 2.85. The SMILES string of the molecule is COc1cccc2c1N(CC(=O)NCc1ccco1)CCC2. The van der Waals surface area contributed by atoms with Gasteiger partial charge in [0.25, 0.3) is 0 Å². The van der Waals surface area contributed by atoms with E-state index in [1.165, 1.54) is 5.56 Å². The molecule has 0 radical (unpaired) electrons. The maximum atomic E-state index is 12.2. The van der Waals surface area contributed by atoms with Gasteiger partial charge in [-0.05, 0) is 36.6 Å². The van der Waals surface area contributed by atoms with Crippen molar-refractivity contribution in [3.63, 3.8) is 0 Å². The van der Waals surface area contributed by atoms with E-state index < -0.39 is 0 Å². The summed E-state index contributed by atoms with van der Waals surface area (Å²) in [6, 6.07) is 9.70. The van der Waals surface area contributed by atoms with Crippen LogP contribution in [0, 0.1) is 0 Å². The van der Waals surface area contributed by atoms with E-state index in [4.69, 9.17) is 9.15 Å². The molecule has 0 bridgehead atoms. The second-order valence-corrected chi connectivity index (χ2v) is 5.35. The van der Waals surface area contributed by atoms with Crippen molar-refractivity contribution in [2.75, 3.05) is 25.1 Å². The first-order valence-electron chi connectivity index (χ1n) is 7.48. The molecule has 5 heteroatoms. The van der Waals surface area contributed by atoms with Gasteiger partial charge in [0.2, 0.25) is 5.91 Å². The molecule has 0 saturated carbocycles. The Labute approximate surface area is 129 Å². The van der Waals surface area contributed by atoms with Crippen LogP contribution in [0.2, 0.25) is 0 Å². The quantitative estimate of drug-likeness (QED) is 0.921. The number of amides is 1. The number of hydrogen-bond acceptors (Lipinski definition) is 4. The van der Waals surface area contributed by atoms with Gasteiger partial charge in [0.05, 0.1) is 32.1 Å². The third-order valence-electron chi connectivity index (χ3n) is 3.87. The predicted molar refractivity (Wildman–Crippen MR) is 84.1 cm³/mol. The molecular formula is C17H20N2O3. The summed E-state index contributed by atoms with van der Waals surface area (Å²) in [5.41, 5.74) is 2.29. The van der Waals surface area contributed by atoms with Crippen LogP contribution in [-0.4, -0.2) is 26.1 Å². The number of carbonyl (C=O) groups excluding carboxylic acids is 1. The number of furan rings is 1. The lowest BCUT2D eigenvalue weighted by Gasteiger charge is -2.32. The van der Waals surface area contributed by atoms with Crippen molar-refractivity contribution in [3.05, 3.63) is 47.9 Å². The highest BCUT2D eigenvalue weighted by molar-refractivity contribution is 5.82. The molecule has 1 aliphatic rings. The van der Waals surface area contributed by atoms with Gasteiger partial charge < -0.3 is 19.4 Å². The Morgan fingerprint density at radius 3 is 3.05 bits per heavy atom. The van der Waals surface area contributed by atoms with Gasteiger partial charge in [-0.3, -0.25) is 4.79 Å². The molecule has 1 aromatic carbocycles. The van der Waals surface area contributed by atoms with Crippen LogP contribution < -0.4 is 15.0 Å². The smallest absolute Gasteiger partial charge is 0.239 e. The molecule has 1 amide bonds. The first-order chi connectivity index (χ1) is 10.8. The van der Waals surface area contributed by atoms with Crippen molar-refractivity contribution in [1.82, 2.24) is 5.32 Å². The zero-order valence-electron chi connectivity index (χ0n) is 12.7. The molecule has 2 heterocycles. The molecule has 0 aliphatic carbocycles. The average molecular weight is 300 g/mol. The monoisotopic (exact) mass is 300 g/mol. The Hall–Kier alpha value is -2.43. The maximum Gasteiger partial charge on any atom is 0.239 e. The van der Waals surface area contributed by atoms with Gasteiger partial charge >= 0.3 is 0 Å². The zero-order valence-corrected chi connectivity index (χ0v) is 12.7. The number of aryl methyl sites for hydroxylation is 1. The molecule has 3 rings (SSSR count). The Morgan fingerprint density at radius 2 is 2.27 bits per heavy atom. The summed E-state index contributed by atoms with van der Waals surface area (Å²) in [4.78, 5) is 14.3. The number of hydrogen-bond donors (Lipinski definition) is 1. The summed E-state index contributed by atoms with van der Waals surface area (Å²) in [5.74, 6) is 1.57. The highest BCUT2D eigenvalue weighted by atomic mass is 16.5. The normalized spacial score (nSPS) is 13.6. The lowest BCUT2D eigenvalue weighted by molar-refractivity contribution is -0.120. The van der Waals surface area contributed by atoms with Gasteiger partial charge in [-0.25, -0.2) is 0 Å². The molecule has 0 fully saturated rings. The minimum absolute atomic E-state index is 0.0184. The third kappa shape index (κ3) is 3.08. The number of fused-ring (bicyclic) bond motifs is 1. The van der Waals surface area contributed by atoms with Crippen LogP contribution in [0.1, 0.15) is 17.7 Å². The largest absolute Gasteiger partial charge is 0.495 e. The van der Waals surface area contributed by atoms with Crippen molar-refractivity contribution in [2.24, 2.45) is 0 Å². The van der Waals surface area contributed by atoms with Gasteiger partial charge in [0, 0.05) is 6.54 Å². The molecular weight excluding hydrogens is 280 g/mol. The summed E-state index contributed by atoms with van der Waals surface area (Å²) in [6.07, 6.45) is 3.68. The van der Waals surface area contributed by atoms with Crippen LogP contribution >= 0.6 is 0 Å². The van der Waals surface area contributed by atoms with Crippen LogP contribution in [0.5, 0.6) is 5.75 Å². The first kappa shape index (κ1) is 14.5. The van der Waals surface area contributed by atoms with E-state index in [-0.39, 0.29) is 5.91 Å². The second kappa shape index (κ2) is 6.56. The molecule has 0 atom stereocenters. The van der Waals surface area contributed by atoms with Crippen LogP contribution in [0.4, 0.5) is 5.69 Å². The van der Waals surface area contributed by atoms with E-state index in [2.05, 4.69) is 16.3 Å². The van der Waals surface area contributed by atoms with Crippen molar-refractivity contribution in [2.45, 2.75) is 19.4 Å². The van der Waals surface area contributed by atoms with E-state index in [1.54, 1.807) is 13.4 Å². The summed E-state index contributed by atoms with van der Waals surface area (Å²) in [7, 11) is 1.67. The number of rotatable bonds is 5. The van der Waals surface area contributed by atoms with Gasteiger partial charge in [-0.15, -0.1) is 0 Å². The minimum atomic E-state index is -0.0184. The number of benzene rings is 1. The van der Waals surface area contributed by atoms with Crippen LogP contribution in [0.25, 0.3) is 0 Å². The molecule has 0 saturated heterocycles. The number of nitrogens with zero attached hydrogens (tertiary/aromatic N) is 1. The summed E-state index contributed by atoms with van der Waals surface area (Å²) in [6.45, 7) is 1.61. The summed E-state index contributed by atoms with van der Waals surface area (Å²) >= 11 is 0. The molecule has 1 aromatic heterocycles. The highest BCUT2D eigenvalue weighted by Gasteiger charge is 2.22. The number of anilines is 1. The minimum Gasteiger partial charge on any atom is -0.495 e. The summed E-state index contributed by atoms with van der Waals surface area (Å²) < 4.78 is 10.7. The number of methoxy groups -OCH3 is 1. The van der Waals surface area contributed by atoms with Crippen LogP contribution in [0.3, 0.4) is 0 Å². The number of ether oxygens (including phenoxy) is 1. The fourth-order valence-electron chi connectivity index (χ4n) is 2.85. The molecule has 1 N–H and O–H groups in total. The Balaban J connectivity index is 1.67. The predicted octanol–water partition coefficient (Wildman–Crippen LogP) is 2.36. The van der Waals surface area contributed by atoms with Gasteiger partial charge in [-0.2, -0.15) is 0 Å². The first-order valence-corrected chi connectivity index (χ1v) is 7.48. The molecule has 2 aromatic rings. The van der Waals surface area contributed by atoms with E-state index in [0.29, 0.717) is 13.1 Å². The fraction of sp³-hybridized carbons (Fsp3) is 0.353. The third-order valence-corrected chi connectivity index (χ3v) is 3.87. The second-order valence-electron chi connectivity index (χ2n) is 5.35. The van der Waals surface area contributed by atoms with Crippen molar-refractivity contribution >= 4 is 11.6 Å². The van der Waals surface area contributed by atoms with Gasteiger partial charge in [-0.1, -0.05) is 12.1 Å². The van der Waals surface area contributed by atoms with Crippen molar-refractivity contribution in [1.29, 1.82) is 0 Å². The molecule has 5 nitrogen and oxygen atoms in total. The standard InChI is InChI=1S/C17H20N2O3/c1-21-15-8-2-5-13-6-3-9-19(17(13)15)12-16(20)18-11-14-7-4-10-22-14/h2,4-5,7-8,10H,3,6,9,11-12H2,1H3,(H,18,20). The lowest BCUT2D eigenvalue weighted by Crippen LogP contribution is -2.39. The maximum absolute atomic E-state index is 12.2. The van der Waals surface area contributed by atoms with Crippen LogP contribution in [0.15, 0.2) is 41.0 Å². The van der Waals surface area contributed by atoms with E-state index in [0.717, 1.165) is 36.6 Å². The lowest BCUT2D eigenvalue weighted by atomic mass is 10.0. The number of carbonyl (C=O) groups is 1. The Bertz CT molecular complexity index is 623. The highest BCUT2D eigenvalue weighted by Crippen LogP contribution is 2.35. The number of para-hydroxylation sites is 1. The van der Waals surface area contributed by atoms with E-state index in [1.807, 2.05) is 24.3 Å². The molecule has 1 aliphatic heterocycles. The van der Waals surface area contributed by atoms with Crippen molar-refractivity contribution < 1.29 is 13.9 Å². The molecule has 116 valence electrons. The van der Waals surface area contributed by atoms with Gasteiger partial charge in [0.1, 0.15) is 11.5 Å². The Kier molecular flexibility index (Phi) is 4.32. The van der Waals surface area contributed by atoms with Gasteiger partial charge in [0.15, 0.2) is 0 Å². The molecule has 0 spiro atoms. The average Bonchev–Trinajstić information content (AvgIpc) is 3.06. The molecule has 0 unspecified atom stereocenters. The number of nitrogens with one attached hydrogen (secondary N) is 1. The Morgan fingerprint density at radius 1 is 1.36 bits per heavy atom. The van der Waals surface area contributed by atoms with E-state index in [9.17, 15) is 4.79 Å². The van der Waals surface area contributed by atoms with Crippen LogP contribution in [-0.2, 0) is 17.8 Å². The zero-order chi connectivity index (χ0) is 15.4. The topological polar surface area (TPSA) is 54.7 Å². The van der Waals surface area contributed by atoms with Crippen molar-refractivity contribution in [3.8, 4) is 5.75 Å². The summed E-state index contributed by atoms with van der Waals surface area (Å²) in [5, 5.41) is 2.89. The molecule has 22 heavy (non-hydrogen) atoms.